The Morgan fingerprint density at radius 2 is 2.21 bits per heavy atom. The smallest absolute Gasteiger partial charge is 0.316 e. The van der Waals surface area contributed by atoms with E-state index in [1.54, 1.807) is 17.2 Å². The van der Waals surface area contributed by atoms with Crippen molar-refractivity contribution in [3.05, 3.63) is 34.9 Å². The summed E-state index contributed by atoms with van der Waals surface area (Å²) in [6.45, 7) is 2.46. The van der Waals surface area contributed by atoms with Crippen molar-refractivity contribution in [1.29, 1.82) is 0 Å². The van der Waals surface area contributed by atoms with E-state index >= 15 is 0 Å². The Kier molecular flexibility index (Phi) is 4.16. The summed E-state index contributed by atoms with van der Waals surface area (Å²) in [4.78, 5) is 22.8. The van der Waals surface area contributed by atoms with Crippen LogP contribution in [0.25, 0.3) is 0 Å². The summed E-state index contributed by atoms with van der Waals surface area (Å²) in [6.07, 6.45) is 4.91. The maximum absolute atomic E-state index is 12.9. The molecule has 2 fully saturated rings. The van der Waals surface area contributed by atoms with E-state index in [4.69, 9.17) is 4.74 Å². The highest BCUT2D eigenvalue weighted by molar-refractivity contribution is 7.93. The van der Waals surface area contributed by atoms with E-state index in [9.17, 15) is 13.2 Å². The van der Waals surface area contributed by atoms with Crippen LogP contribution in [0, 0.1) is 12.8 Å². The summed E-state index contributed by atoms with van der Waals surface area (Å²) in [5.74, 6) is -0.250. The zero-order valence-electron chi connectivity index (χ0n) is 16.2. The lowest BCUT2D eigenvalue weighted by Crippen LogP contribution is -2.69. The molecule has 1 N–H and O–H groups in total. The first-order valence-electron chi connectivity index (χ1n) is 9.90. The van der Waals surface area contributed by atoms with Crippen molar-refractivity contribution in [3.63, 3.8) is 0 Å². The van der Waals surface area contributed by atoms with Gasteiger partial charge in [0.25, 0.3) is 5.91 Å². The number of sulfone groups is 1. The number of carbonyl (C=O) groups is 1. The van der Waals surface area contributed by atoms with Gasteiger partial charge in [0, 0.05) is 42.2 Å². The number of aryl methyl sites for hydroxylation is 2. The molecule has 0 unspecified atom stereocenters. The molecule has 3 aliphatic rings. The monoisotopic (exact) mass is 417 g/mol. The fourth-order valence-electron chi connectivity index (χ4n) is 4.77. The SMILES string of the molecule is Cc1ccnc(OC[C@@H]2CCS(=O)(=O)C23CN(C(=O)c2n[nH]c4c2CCC4)C3)n1. The van der Waals surface area contributed by atoms with Crippen molar-refractivity contribution in [2.45, 2.75) is 37.4 Å². The maximum Gasteiger partial charge on any atom is 0.316 e. The van der Waals surface area contributed by atoms with Crippen molar-refractivity contribution in [2.75, 3.05) is 25.4 Å². The summed E-state index contributed by atoms with van der Waals surface area (Å²) < 4.78 is 30.5. The number of aromatic amines is 1. The Bertz CT molecular complexity index is 1070. The summed E-state index contributed by atoms with van der Waals surface area (Å²) in [6, 6.07) is 2.03. The first kappa shape index (κ1) is 18.5. The molecule has 5 rings (SSSR count). The van der Waals surface area contributed by atoms with Crippen molar-refractivity contribution in [1.82, 2.24) is 25.1 Å². The first-order chi connectivity index (χ1) is 13.9. The number of amides is 1. The zero-order valence-corrected chi connectivity index (χ0v) is 17.0. The molecule has 1 aliphatic carbocycles. The molecule has 9 nitrogen and oxygen atoms in total. The normalized spacial score (nSPS) is 23.8. The van der Waals surface area contributed by atoms with Crippen LogP contribution in [-0.4, -0.2) is 69.6 Å². The molecular weight excluding hydrogens is 394 g/mol. The minimum absolute atomic E-state index is 0.121. The largest absolute Gasteiger partial charge is 0.463 e. The average molecular weight is 417 g/mol. The Balaban J connectivity index is 1.31. The van der Waals surface area contributed by atoms with Gasteiger partial charge in [0.2, 0.25) is 0 Å². The molecule has 154 valence electrons. The molecule has 2 saturated heterocycles. The molecule has 1 amide bonds. The number of ether oxygens (including phenoxy) is 1. The molecule has 2 aliphatic heterocycles. The molecule has 1 atom stereocenters. The predicted octanol–water partition coefficient (Wildman–Crippen LogP) is 0.705. The third-order valence-electron chi connectivity index (χ3n) is 6.50. The van der Waals surface area contributed by atoms with E-state index in [0.717, 1.165) is 36.2 Å². The number of hydrogen-bond acceptors (Lipinski definition) is 7. The van der Waals surface area contributed by atoms with Crippen LogP contribution in [0.3, 0.4) is 0 Å². The number of likely N-dealkylation sites (tertiary alicyclic amines) is 1. The van der Waals surface area contributed by atoms with E-state index in [0.29, 0.717) is 12.1 Å². The van der Waals surface area contributed by atoms with Crippen LogP contribution in [0.15, 0.2) is 12.3 Å². The van der Waals surface area contributed by atoms with Gasteiger partial charge in [-0.3, -0.25) is 9.89 Å². The van der Waals surface area contributed by atoms with E-state index in [-0.39, 0.29) is 43.3 Å². The standard InChI is InChI=1S/C19H23N5O4S/c1-12-5-7-20-18(21-12)28-9-13-6-8-29(26,27)19(13)10-24(11-19)17(25)16-14-3-2-4-15(14)22-23-16/h5,7,13H,2-4,6,8-11H2,1H3,(H,22,23)/t13-/m0/s1. The molecule has 2 aromatic rings. The molecule has 0 radical (unpaired) electrons. The topological polar surface area (TPSA) is 118 Å². The van der Waals surface area contributed by atoms with Crippen LogP contribution in [0.5, 0.6) is 6.01 Å². The van der Waals surface area contributed by atoms with Gasteiger partial charge in [0.15, 0.2) is 15.5 Å². The third kappa shape index (κ3) is 2.84. The second-order valence-corrected chi connectivity index (χ2v) is 10.7. The maximum atomic E-state index is 12.9. The van der Waals surface area contributed by atoms with Crippen molar-refractivity contribution in [3.8, 4) is 6.01 Å². The highest BCUT2D eigenvalue weighted by atomic mass is 32.2. The fraction of sp³-hybridized carbons (Fsp3) is 0.579. The van der Waals surface area contributed by atoms with Crippen LogP contribution in [0.2, 0.25) is 0 Å². The summed E-state index contributed by atoms with van der Waals surface area (Å²) in [5, 5.41) is 7.14. The minimum Gasteiger partial charge on any atom is -0.463 e. The van der Waals surface area contributed by atoms with Crippen LogP contribution < -0.4 is 4.74 Å². The lowest BCUT2D eigenvalue weighted by molar-refractivity contribution is 0.0397. The van der Waals surface area contributed by atoms with Crippen molar-refractivity contribution < 1.29 is 17.9 Å². The lowest BCUT2D eigenvalue weighted by Gasteiger charge is -2.49. The van der Waals surface area contributed by atoms with Crippen molar-refractivity contribution >= 4 is 15.7 Å². The van der Waals surface area contributed by atoms with Crippen LogP contribution in [0.4, 0.5) is 0 Å². The molecule has 1 spiro atoms. The van der Waals surface area contributed by atoms with Gasteiger partial charge in [0.1, 0.15) is 4.75 Å². The molecule has 2 aromatic heterocycles. The van der Waals surface area contributed by atoms with Crippen LogP contribution >= 0.6 is 0 Å². The second-order valence-electron chi connectivity index (χ2n) is 8.20. The van der Waals surface area contributed by atoms with Gasteiger partial charge in [0.05, 0.1) is 12.4 Å². The third-order valence-corrected chi connectivity index (χ3v) is 9.10. The number of rotatable bonds is 4. The number of carbonyl (C=O) groups excluding carboxylic acids is 1. The molecule has 0 bridgehead atoms. The lowest BCUT2D eigenvalue weighted by atomic mass is 9.83. The average Bonchev–Trinajstić information content (AvgIpc) is 3.31. The van der Waals surface area contributed by atoms with Crippen LogP contribution in [0.1, 0.15) is 40.3 Å². The number of hydrogen-bond donors (Lipinski definition) is 1. The first-order valence-corrected chi connectivity index (χ1v) is 11.5. The van der Waals surface area contributed by atoms with Gasteiger partial charge in [-0.1, -0.05) is 0 Å². The summed E-state index contributed by atoms with van der Waals surface area (Å²) >= 11 is 0. The Morgan fingerprint density at radius 3 is 3.00 bits per heavy atom. The van der Waals surface area contributed by atoms with Gasteiger partial charge in [-0.15, -0.1) is 0 Å². The molecular formula is C19H23N5O4S. The van der Waals surface area contributed by atoms with Gasteiger partial charge in [-0.05, 0) is 38.7 Å². The summed E-state index contributed by atoms with van der Waals surface area (Å²) in [5.41, 5.74) is 3.25. The Hall–Kier alpha value is -2.49. The second kappa shape index (κ2) is 6.51. The van der Waals surface area contributed by atoms with Gasteiger partial charge in [-0.2, -0.15) is 5.10 Å². The quantitative estimate of drug-likeness (QED) is 0.778. The van der Waals surface area contributed by atoms with E-state index in [1.807, 2.05) is 6.92 Å². The fourth-order valence-corrected chi connectivity index (χ4v) is 7.17. The predicted molar refractivity (Wildman–Crippen MR) is 103 cm³/mol. The van der Waals surface area contributed by atoms with Gasteiger partial charge < -0.3 is 9.64 Å². The Labute approximate surface area is 168 Å². The van der Waals surface area contributed by atoms with Crippen molar-refractivity contribution in [2.24, 2.45) is 5.92 Å². The van der Waals surface area contributed by atoms with E-state index in [1.165, 1.54) is 0 Å². The molecule has 29 heavy (non-hydrogen) atoms. The number of aromatic nitrogens is 4. The number of fused-ring (bicyclic) bond motifs is 1. The molecule has 10 heteroatoms. The number of H-pyrrole nitrogens is 1. The zero-order chi connectivity index (χ0) is 20.2. The molecule has 0 aromatic carbocycles. The van der Waals surface area contributed by atoms with Crippen LogP contribution in [-0.2, 0) is 22.7 Å². The van der Waals surface area contributed by atoms with E-state index < -0.39 is 14.6 Å². The van der Waals surface area contributed by atoms with Gasteiger partial charge in [-0.25, -0.2) is 18.4 Å². The number of nitrogens with one attached hydrogen (secondary N) is 1. The minimum atomic E-state index is -3.30. The molecule has 4 heterocycles. The highest BCUT2D eigenvalue weighted by Gasteiger charge is 2.63. The number of nitrogens with zero attached hydrogens (tertiary/aromatic N) is 4. The highest BCUT2D eigenvalue weighted by Crippen LogP contribution is 2.45. The molecule has 0 saturated carbocycles. The van der Waals surface area contributed by atoms with E-state index in [2.05, 4.69) is 20.2 Å². The van der Waals surface area contributed by atoms with Gasteiger partial charge >= 0.3 is 6.01 Å². The Morgan fingerprint density at radius 1 is 1.38 bits per heavy atom. The summed E-state index contributed by atoms with van der Waals surface area (Å²) in [7, 11) is -3.30.